The number of alkyl halides is 7. The van der Waals surface area contributed by atoms with E-state index >= 15 is 0 Å². The number of rotatable bonds is 7. The minimum atomic E-state index is -5.36. The van der Waals surface area contributed by atoms with E-state index in [4.69, 9.17) is 5.73 Å². The van der Waals surface area contributed by atoms with Gasteiger partial charge in [-0.1, -0.05) is 0 Å². The van der Waals surface area contributed by atoms with Crippen LogP contribution in [0.1, 0.15) is 45.8 Å². The number of primary amides is 1. The van der Waals surface area contributed by atoms with Crippen molar-refractivity contribution < 1.29 is 45.1 Å². The van der Waals surface area contributed by atoms with Crippen molar-refractivity contribution in [2.24, 2.45) is 11.7 Å². The highest BCUT2D eigenvalue weighted by atomic mass is 19.4. The van der Waals surface area contributed by atoms with Crippen LogP contribution in [0.25, 0.3) is 0 Å². The van der Waals surface area contributed by atoms with Gasteiger partial charge >= 0.3 is 12.8 Å². The van der Waals surface area contributed by atoms with Crippen LogP contribution in [0.15, 0.2) is 18.3 Å². The number of aromatic nitrogens is 3. The maximum absolute atomic E-state index is 13.7. The molecule has 180 valence electrons. The summed E-state index contributed by atoms with van der Waals surface area (Å²) in [4.78, 5) is 27.6. The number of amides is 2. The molecular formula is C18H16F7N5O3. The van der Waals surface area contributed by atoms with Crippen molar-refractivity contribution in [1.82, 2.24) is 14.8 Å². The standard InChI is InChI=1S/C18H16F7N5O3/c19-16(20)33-15-11(18(23,24)25)12(30(29-15)7-8-1-3-17(21,22)6-8)14(32)28-9-2-4-27-10(5-9)13(26)31/h2,4-5,8,16H,1,3,6-7H2,(H2,26,31)(H,27,28,32)/t8-/m1/s1. The van der Waals surface area contributed by atoms with Crippen molar-refractivity contribution >= 4 is 17.5 Å². The van der Waals surface area contributed by atoms with Gasteiger partial charge in [-0.2, -0.15) is 22.0 Å². The first kappa shape index (κ1) is 24.3. The molecule has 1 atom stereocenters. The normalized spacial score (nSPS) is 17.9. The van der Waals surface area contributed by atoms with E-state index in [1.165, 1.54) is 0 Å². The van der Waals surface area contributed by atoms with Gasteiger partial charge in [0.15, 0.2) is 5.56 Å². The molecule has 2 aromatic rings. The number of halogens is 7. The third-order valence-corrected chi connectivity index (χ3v) is 4.83. The molecule has 0 saturated heterocycles. The monoisotopic (exact) mass is 483 g/mol. The number of hydrogen-bond donors (Lipinski definition) is 2. The summed E-state index contributed by atoms with van der Waals surface area (Å²) in [5, 5.41) is 5.41. The second-order valence-corrected chi connectivity index (χ2v) is 7.30. The first-order chi connectivity index (χ1) is 15.3. The van der Waals surface area contributed by atoms with Crippen LogP contribution in [0.4, 0.5) is 36.4 Å². The summed E-state index contributed by atoms with van der Waals surface area (Å²) in [5.74, 6) is -7.92. The summed E-state index contributed by atoms with van der Waals surface area (Å²) in [6, 6.07) is 2.11. The molecule has 15 heteroatoms. The number of nitrogens with zero attached hydrogens (tertiary/aromatic N) is 3. The zero-order valence-electron chi connectivity index (χ0n) is 16.5. The van der Waals surface area contributed by atoms with Crippen molar-refractivity contribution in [3.05, 3.63) is 35.3 Å². The molecule has 2 aromatic heterocycles. The summed E-state index contributed by atoms with van der Waals surface area (Å²) in [6.45, 7) is -4.27. The quantitative estimate of drug-likeness (QED) is 0.584. The SMILES string of the molecule is NC(=O)c1cc(NC(=O)c2c(C(F)(F)F)c(OC(F)F)nn2C[C@@H]2CCC(F)(F)C2)ccn1. The Morgan fingerprint density at radius 3 is 2.58 bits per heavy atom. The molecule has 1 fully saturated rings. The van der Waals surface area contributed by atoms with Gasteiger partial charge in [-0.25, -0.2) is 8.78 Å². The van der Waals surface area contributed by atoms with E-state index in [9.17, 15) is 40.3 Å². The van der Waals surface area contributed by atoms with Gasteiger partial charge in [0.05, 0.1) is 0 Å². The first-order valence-electron chi connectivity index (χ1n) is 9.34. The van der Waals surface area contributed by atoms with Crippen LogP contribution in [0, 0.1) is 5.92 Å². The highest BCUT2D eigenvalue weighted by Crippen LogP contribution is 2.42. The number of nitrogens with two attached hydrogens (primary N) is 1. The lowest BCUT2D eigenvalue weighted by molar-refractivity contribution is -0.142. The van der Waals surface area contributed by atoms with E-state index in [-0.39, 0.29) is 17.8 Å². The second kappa shape index (κ2) is 8.86. The molecule has 2 amide bonds. The number of carbonyl (C=O) groups excluding carboxylic acids is 2. The lowest BCUT2D eigenvalue weighted by atomic mass is 10.1. The molecule has 1 aliphatic carbocycles. The predicted molar refractivity (Wildman–Crippen MR) is 96.9 cm³/mol. The second-order valence-electron chi connectivity index (χ2n) is 7.30. The molecular weight excluding hydrogens is 467 g/mol. The molecule has 0 radical (unpaired) electrons. The Bertz CT molecular complexity index is 1050. The highest BCUT2D eigenvalue weighted by Gasteiger charge is 2.45. The number of hydrogen-bond acceptors (Lipinski definition) is 5. The Balaban J connectivity index is 2.04. The highest BCUT2D eigenvalue weighted by molar-refractivity contribution is 6.05. The number of carbonyl (C=O) groups is 2. The zero-order chi connectivity index (χ0) is 24.6. The fourth-order valence-electron chi connectivity index (χ4n) is 3.50. The molecule has 8 nitrogen and oxygen atoms in total. The maximum Gasteiger partial charge on any atom is 0.423 e. The molecule has 0 bridgehead atoms. The van der Waals surface area contributed by atoms with Crippen molar-refractivity contribution in [2.75, 3.05) is 5.32 Å². The Morgan fingerprint density at radius 1 is 1.33 bits per heavy atom. The van der Waals surface area contributed by atoms with E-state index in [0.717, 1.165) is 18.3 Å². The van der Waals surface area contributed by atoms with Gasteiger partial charge in [-0.3, -0.25) is 19.3 Å². The predicted octanol–water partition coefficient (Wildman–Crippen LogP) is 3.68. The summed E-state index contributed by atoms with van der Waals surface area (Å²) < 4.78 is 98.0. The lowest BCUT2D eigenvalue weighted by Gasteiger charge is -2.15. The topological polar surface area (TPSA) is 112 Å². The number of ether oxygens (including phenoxy) is 1. The Kier molecular flexibility index (Phi) is 6.51. The Morgan fingerprint density at radius 2 is 2.03 bits per heavy atom. The van der Waals surface area contributed by atoms with E-state index in [2.05, 4.69) is 20.1 Å². The summed E-state index contributed by atoms with van der Waals surface area (Å²) in [7, 11) is 0. The van der Waals surface area contributed by atoms with Crippen LogP contribution in [0.3, 0.4) is 0 Å². The zero-order valence-corrected chi connectivity index (χ0v) is 16.5. The Labute approximate surface area is 180 Å². The average Bonchev–Trinajstić information content (AvgIpc) is 3.20. The van der Waals surface area contributed by atoms with E-state index in [1.807, 2.05) is 0 Å². The molecule has 1 saturated carbocycles. The van der Waals surface area contributed by atoms with Crippen LogP contribution in [-0.2, 0) is 12.7 Å². The lowest BCUT2D eigenvalue weighted by Crippen LogP contribution is -2.24. The van der Waals surface area contributed by atoms with Crippen molar-refractivity contribution in [3.8, 4) is 5.88 Å². The minimum Gasteiger partial charge on any atom is -0.415 e. The average molecular weight is 483 g/mol. The van der Waals surface area contributed by atoms with Gasteiger partial charge in [0.1, 0.15) is 11.4 Å². The third kappa shape index (κ3) is 5.70. The fraction of sp³-hybridized carbons (Fsp3) is 0.444. The van der Waals surface area contributed by atoms with Gasteiger partial charge in [0, 0.05) is 31.3 Å². The molecule has 33 heavy (non-hydrogen) atoms. The van der Waals surface area contributed by atoms with E-state index in [1.54, 1.807) is 0 Å². The molecule has 0 spiro atoms. The van der Waals surface area contributed by atoms with Gasteiger partial charge in [0.2, 0.25) is 5.92 Å². The van der Waals surface area contributed by atoms with Crippen molar-refractivity contribution in [3.63, 3.8) is 0 Å². The number of nitrogens with one attached hydrogen (secondary N) is 1. The molecule has 0 aliphatic heterocycles. The molecule has 1 aliphatic rings. The van der Waals surface area contributed by atoms with E-state index < -0.39 is 73.0 Å². The van der Waals surface area contributed by atoms with Crippen LogP contribution >= 0.6 is 0 Å². The molecule has 0 aromatic carbocycles. The van der Waals surface area contributed by atoms with Crippen LogP contribution < -0.4 is 15.8 Å². The molecule has 2 heterocycles. The molecule has 3 N–H and O–H groups in total. The Hall–Kier alpha value is -3.39. The van der Waals surface area contributed by atoms with Gasteiger partial charge in [0.25, 0.3) is 17.7 Å². The van der Waals surface area contributed by atoms with Gasteiger partial charge in [-0.15, -0.1) is 5.10 Å². The van der Waals surface area contributed by atoms with Gasteiger partial charge in [-0.05, 0) is 24.5 Å². The molecule has 0 unspecified atom stereocenters. The van der Waals surface area contributed by atoms with E-state index in [0.29, 0.717) is 4.68 Å². The van der Waals surface area contributed by atoms with Crippen LogP contribution in [0.5, 0.6) is 5.88 Å². The number of pyridine rings is 1. The van der Waals surface area contributed by atoms with Crippen molar-refractivity contribution in [1.29, 1.82) is 0 Å². The minimum absolute atomic E-state index is 0.0768. The summed E-state index contributed by atoms with van der Waals surface area (Å²) in [5.41, 5.74) is 1.46. The maximum atomic E-state index is 13.7. The fourth-order valence-corrected chi connectivity index (χ4v) is 3.50. The van der Waals surface area contributed by atoms with Crippen LogP contribution in [-0.4, -0.2) is 39.1 Å². The summed E-state index contributed by atoms with van der Waals surface area (Å²) in [6.07, 6.45) is -5.58. The molecule has 3 rings (SSSR count). The largest absolute Gasteiger partial charge is 0.423 e. The smallest absolute Gasteiger partial charge is 0.415 e. The van der Waals surface area contributed by atoms with Gasteiger partial charge < -0.3 is 15.8 Å². The van der Waals surface area contributed by atoms with Crippen LogP contribution in [0.2, 0.25) is 0 Å². The number of anilines is 1. The summed E-state index contributed by atoms with van der Waals surface area (Å²) >= 11 is 0. The van der Waals surface area contributed by atoms with Crippen molar-refractivity contribution in [2.45, 2.75) is 44.5 Å². The third-order valence-electron chi connectivity index (χ3n) is 4.83. The first-order valence-corrected chi connectivity index (χ1v) is 9.34.